The van der Waals surface area contributed by atoms with Crippen LogP contribution in [0.2, 0.25) is 0 Å². The van der Waals surface area contributed by atoms with Gasteiger partial charge < -0.3 is 14.2 Å². The molecule has 1 aromatic carbocycles. The first-order valence-electron chi connectivity index (χ1n) is 7.47. The molecule has 1 saturated heterocycles. The maximum Gasteiger partial charge on any atom is 0.432 e. The number of rotatable bonds is 8. The minimum atomic E-state index is -4.97. The molecule has 1 aromatic rings. The third-order valence-corrected chi connectivity index (χ3v) is 3.89. The third-order valence-electron chi connectivity index (χ3n) is 3.89. The number of alkyl halides is 3. The summed E-state index contributed by atoms with van der Waals surface area (Å²) < 4.78 is 55.7. The van der Waals surface area contributed by atoms with Crippen LogP contribution in [0.25, 0.3) is 0 Å². The van der Waals surface area contributed by atoms with Gasteiger partial charge >= 0.3 is 12.1 Å². The van der Waals surface area contributed by atoms with Gasteiger partial charge in [0.25, 0.3) is 5.60 Å². The van der Waals surface area contributed by atoms with Crippen molar-refractivity contribution in [3.8, 4) is 0 Å². The fourth-order valence-corrected chi connectivity index (χ4v) is 2.51. The van der Waals surface area contributed by atoms with Crippen molar-refractivity contribution in [3.05, 3.63) is 48.6 Å². The van der Waals surface area contributed by atoms with E-state index in [4.69, 9.17) is 9.47 Å². The Morgan fingerprint density at radius 2 is 1.96 bits per heavy atom. The number of hydrogen-bond donors (Lipinski definition) is 0. The highest BCUT2D eigenvalue weighted by Crippen LogP contribution is 2.43. The number of hydrogen-bond acceptors (Lipinski definition) is 4. The maximum absolute atomic E-state index is 13.6. The standard InChI is InChI=1S/C17H19F3O4/c1-3-4-10-13-14(24-13)11-23-15(21)16(22-2,17(18,19)20)12-8-6-5-7-9-12/h3,5-9,13-14H,1,4,10-11H2,2H3/t13-,14-,16-/m1/s1. The molecule has 0 unspecified atom stereocenters. The van der Waals surface area contributed by atoms with Crippen molar-refractivity contribution < 1.29 is 32.2 Å². The van der Waals surface area contributed by atoms with E-state index in [-0.39, 0.29) is 24.4 Å². The Kier molecular flexibility index (Phi) is 5.66. The van der Waals surface area contributed by atoms with Crippen LogP contribution in [-0.2, 0) is 24.6 Å². The summed E-state index contributed by atoms with van der Waals surface area (Å²) in [5, 5.41) is 0. The first-order chi connectivity index (χ1) is 11.4. The Bertz CT molecular complexity index is 573. The zero-order chi connectivity index (χ0) is 17.8. The summed E-state index contributed by atoms with van der Waals surface area (Å²) >= 11 is 0. The number of esters is 1. The first kappa shape index (κ1) is 18.5. The fraction of sp³-hybridized carbons (Fsp3) is 0.471. The summed E-state index contributed by atoms with van der Waals surface area (Å²) in [5.74, 6) is -1.50. The lowest BCUT2D eigenvalue weighted by Crippen LogP contribution is -2.52. The SMILES string of the molecule is C=CCC[C@H]1O[C@@H]1COC(=O)[C@](OC)(c1ccccc1)C(F)(F)F. The second-order valence-corrected chi connectivity index (χ2v) is 5.43. The second-order valence-electron chi connectivity index (χ2n) is 5.43. The predicted molar refractivity (Wildman–Crippen MR) is 80.2 cm³/mol. The van der Waals surface area contributed by atoms with Gasteiger partial charge in [0.2, 0.25) is 0 Å². The number of benzene rings is 1. The molecule has 1 heterocycles. The lowest BCUT2D eigenvalue weighted by Gasteiger charge is -2.32. The Labute approximate surface area is 138 Å². The van der Waals surface area contributed by atoms with E-state index >= 15 is 0 Å². The van der Waals surface area contributed by atoms with Gasteiger partial charge in [0.05, 0.1) is 6.10 Å². The average Bonchev–Trinajstić information content (AvgIpc) is 3.30. The normalized spacial score (nSPS) is 22.5. The summed E-state index contributed by atoms with van der Waals surface area (Å²) in [7, 11) is 0.836. The molecule has 132 valence electrons. The molecule has 1 fully saturated rings. The number of ether oxygens (including phenoxy) is 3. The highest BCUT2D eigenvalue weighted by atomic mass is 19.4. The number of carbonyl (C=O) groups is 1. The van der Waals surface area contributed by atoms with E-state index in [1.807, 2.05) is 0 Å². The molecular weight excluding hydrogens is 325 g/mol. The average molecular weight is 344 g/mol. The number of allylic oxidation sites excluding steroid dienone is 1. The zero-order valence-corrected chi connectivity index (χ0v) is 13.2. The molecule has 2 rings (SSSR count). The summed E-state index contributed by atoms with van der Waals surface area (Å²) in [4.78, 5) is 12.3. The minimum Gasteiger partial charge on any atom is -0.460 e. The quantitative estimate of drug-likeness (QED) is 0.412. The third kappa shape index (κ3) is 3.62. The second kappa shape index (κ2) is 7.36. The van der Waals surface area contributed by atoms with E-state index in [1.54, 1.807) is 12.1 Å². The van der Waals surface area contributed by atoms with Crippen LogP contribution in [0.5, 0.6) is 0 Å². The largest absolute Gasteiger partial charge is 0.460 e. The molecule has 0 aromatic heterocycles. The van der Waals surface area contributed by atoms with Gasteiger partial charge in [-0.15, -0.1) is 6.58 Å². The Morgan fingerprint density at radius 1 is 1.29 bits per heavy atom. The highest BCUT2D eigenvalue weighted by Gasteiger charge is 2.64. The molecule has 0 aliphatic carbocycles. The molecule has 0 saturated carbocycles. The number of epoxide rings is 1. The lowest BCUT2D eigenvalue weighted by atomic mass is 9.93. The number of carbonyl (C=O) groups excluding carboxylic acids is 1. The van der Waals surface area contributed by atoms with Crippen molar-refractivity contribution in [2.45, 2.75) is 36.8 Å². The van der Waals surface area contributed by atoms with Crippen molar-refractivity contribution in [2.24, 2.45) is 0 Å². The van der Waals surface area contributed by atoms with Crippen LogP contribution in [0.15, 0.2) is 43.0 Å². The fourth-order valence-electron chi connectivity index (χ4n) is 2.51. The van der Waals surface area contributed by atoms with Gasteiger partial charge in [-0.25, -0.2) is 4.79 Å². The van der Waals surface area contributed by atoms with E-state index < -0.39 is 17.7 Å². The molecule has 0 bridgehead atoms. The summed E-state index contributed by atoms with van der Waals surface area (Å²) in [5.41, 5.74) is -3.48. The molecule has 4 nitrogen and oxygen atoms in total. The topological polar surface area (TPSA) is 48.1 Å². The van der Waals surface area contributed by atoms with E-state index in [0.29, 0.717) is 6.42 Å². The van der Waals surface area contributed by atoms with Crippen molar-refractivity contribution in [3.63, 3.8) is 0 Å². The van der Waals surface area contributed by atoms with Gasteiger partial charge in [0, 0.05) is 12.7 Å². The summed E-state index contributed by atoms with van der Waals surface area (Å²) in [6, 6.07) is 6.71. The van der Waals surface area contributed by atoms with Crippen molar-refractivity contribution in [1.82, 2.24) is 0 Å². The Morgan fingerprint density at radius 3 is 2.50 bits per heavy atom. The van der Waals surface area contributed by atoms with Crippen LogP contribution in [-0.4, -0.2) is 38.1 Å². The zero-order valence-electron chi connectivity index (χ0n) is 13.2. The smallest absolute Gasteiger partial charge is 0.432 e. The van der Waals surface area contributed by atoms with Crippen LogP contribution in [0, 0.1) is 0 Å². The molecule has 1 aliphatic rings. The molecule has 0 N–H and O–H groups in total. The van der Waals surface area contributed by atoms with Gasteiger partial charge in [-0.3, -0.25) is 0 Å². The van der Waals surface area contributed by atoms with Crippen LogP contribution in [0.1, 0.15) is 18.4 Å². The van der Waals surface area contributed by atoms with Gasteiger partial charge in [0.15, 0.2) is 0 Å². The van der Waals surface area contributed by atoms with Crippen molar-refractivity contribution in [1.29, 1.82) is 0 Å². The molecule has 7 heteroatoms. The molecule has 0 amide bonds. The lowest BCUT2D eigenvalue weighted by molar-refractivity contribution is -0.276. The van der Waals surface area contributed by atoms with E-state index in [9.17, 15) is 18.0 Å². The van der Waals surface area contributed by atoms with Crippen LogP contribution >= 0.6 is 0 Å². The van der Waals surface area contributed by atoms with Crippen LogP contribution in [0.4, 0.5) is 13.2 Å². The number of methoxy groups -OCH3 is 1. The predicted octanol–water partition coefficient (Wildman–Crippen LogP) is 3.37. The minimum absolute atomic E-state index is 0.115. The summed E-state index contributed by atoms with van der Waals surface area (Å²) in [6.07, 6.45) is -2.32. The van der Waals surface area contributed by atoms with E-state index in [0.717, 1.165) is 13.5 Å². The van der Waals surface area contributed by atoms with Crippen molar-refractivity contribution >= 4 is 5.97 Å². The van der Waals surface area contributed by atoms with Gasteiger partial charge in [-0.05, 0) is 12.8 Å². The van der Waals surface area contributed by atoms with Crippen LogP contribution in [0.3, 0.4) is 0 Å². The molecular formula is C17H19F3O4. The van der Waals surface area contributed by atoms with Crippen LogP contribution < -0.4 is 0 Å². The van der Waals surface area contributed by atoms with Gasteiger partial charge in [-0.2, -0.15) is 13.2 Å². The first-order valence-corrected chi connectivity index (χ1v) is 7.47. The number of halogens is 3. The molecule has 0 spiro atoms. The maximum atomic E-state index is 13.6. The monoisotopic (exact) mass is 344 g/mol. The van der Waals surface area contributed by atoms with Crippen molar-refractivity contribution in [2.75, 3.05) is 13.7 Å². The Hall–Kier alpha value is -1.86. The van der Waals surface area contributed by atoms with Gasteiger partial charge in [-0.1, -0.05) is 36.4 Å². The Balaban J connectivity index is 2.11. The molecule has 24 heavy (non-hydrogen) atoms. The van der Waals surface area contributed by atoms with E-state index in [2.05, 4.69) is 11.3 Å². The summed E-state index contributed by atoms with van der Waals surface area (Å²) in [6.45, 7) is 3.34. The molecule has 0 radical (unpaired) electrons. The molecule has 1 aliphatic heterocycles. The van der Waals surface area contributed by atoms with Gasteiger partial charge in [0.1, 0.15) is 12.7 Å². The van der Waals surface area contributed by atoms with E-state index in [1.165, 1.54) is 24.3 Å². The molecule has 3 atom stereocenters. The highest BCUT2D eigenvalue weighted by molar-refractivity contribution is 5.82.